The van der Waals surface area contributed by atoms with Gasteiger partial charge in [0.25, 0.3) is 0 Å². The molecule has 0 saturated carbocycles. The third kappa shape index (κ3) is 3.13. The molecule has 0 amide bonds. The molecule has 0 bridgehead atoms. The Morgan fingerprint density at radius 1 is 1.24 bits per heavy atom. The number of hydrogen-bond donors (Lipinski definition) is 1. The average molecular weight is 251 g/mol. The zero-order valence-corrected chi connectivity index (χ0v) is 10.2. The van der Waals surface area contributed by atoms with Crippen molar-refractivity contribution in [1.29, 1.82) is 0 Å². The van der Waals surface area contributed by atoms with E-state index in [4.69, 9.17) is 0 Å². The number of para-hydroxylation sites is 1. The zero-order valence-electron chi connectivity index (χ0n) is 9.42. The maximum absolute atomic E-state index is 11.0. The Hall–Kier alpha value is -1.69. The number of nitrogens with one attached hydrogen (secondary N) is 1. The first kappa shape index (κ1) is 11.8. The fraction of sp³-hybridized carbons (Fsp3) is 0.273. The summed E-state index contributed by atoms with van der Waals surface area (Å²) in [6, 6.07) is 7.58. The SMILES string of the molecule is CS(=O)(=O)CCNc1ncnc2ccccc12. The molecule has 0 atom stereocenters. The van der Waals surface area contributed by atoms with E-state index in [0.717, 1.165) is 10.9 Å². The maximum atomic E-state index is 11.0. The molecule has 1 heterocycles. The Balaban J connectivity index is 2.19. The van der Waals surface area contributed by atoms with Crippen molar-refractivity contribution in [2.45, 2.75) is 0 Å². The second-order valence-electron chi connectivity index (χ2n) is 3.80. The van der Waals surface area contributed by atoms with Crippen LogP contribution in [0.1, 0.15) is 0 Å². The van der Waals surface area contributed by atoms with Crippen molar-refractivity contribution in [2.24, 2.45) is 0 Å². The molecule has 2 aromatic rings. The van der Waals surface area contributed by atoms with Gasteiger partial charge < -0.3 is 5.32 Å². The standard InChI is InChI=1S/C11H13N3O2S/c1-17(15,16)7-6-12-11-9-4-2-3-5-10(9)13-8-14-11/h2-5,8H,6-7H2,1H3,(H,12,13,14). The molecule has 0 aliphatic rings. The molecular weight excluding hydrogens is 238 g/mol. The molecule has 0 saturated heterocycles. The number of fused-ring (bicyclic) bond motifs is 1. The molecule has 0 unspecified atom stereocenters. The van der Waals surface area contributed by atoms with Gasteiger partial charge in [-0.3, -0.25) is 0 Å². The molecule has 1 N–H and O–H groups in total. The summed E-state index contributed by atoms with van der Waals surface area (Å²) < 4.78 is 22.0. The van der Waals surface area contributed by atoms with Crippen molar-refractivity contribution < 1.29 is 8.42 Å². The van der Waals surface area contributed by atoms with Gasteiger partial charge in [0, 0.05) is 18.2 Å². The molecule has 0 aliphatic heterocycles. The first-order valence-electron chi connectivity index (χ1n) is 5.17. The Labute approximate surface area is 99.8 Å². The minimum Gasteiger partial charge on any atom is -0.368 e. The van der Waals surface area contributed by atoms with E-state index in [1.54, 1.807) is 0 Å². The van der Waals surface area contributed by atoms with Crippen LogP contribution in [-0.2, 0) is 9.84 Å². The first-order valence-corrected chi connectivity index (χ1v) is 7.24. The van der Waals surface area contributed by atoms with Crippen molar-refractivity contribution in [3.8, 4) is 0 Å². The van der Waals surface area contributed by atoms with Crippen molar-refractivity contribution in [3.63, 3.8) is 0 Å². The minimum absolute atomic E-state index is 0.0886. The third-order valence-electron chi connectivity index (χ3n) is 2.31. The largest absolute Gasteiger partial charge is 0.368 e. The highest BCUT2D eigenvalue weighted by Crippen LogP contribution is 2.17. The molecular formula is C11H13N3O2S. The summed E-state index contributed by atoms with van der Waals surface area (Å²) in [4.78, 5) is 8.24. The topological polar surface area (TPSA) is 72.0 Å². The van der Waals surface area contributed by atoms with E-state index in [9.17, 15) is 8.42 Å². The lowest BCUT2D eigenvalue weighted by Gasteiger charge is -2.07. The molecule has 0 fully saturated rings. The van der Waals surface area contributed by atoms with Crippen LogP contribution in [-0.4, -0.2) is 36.9 Å². The lowest BCUT2D eigenvalue weighted by atomic mass is 10.2. The van der Waals surface area contributed by atoms with Crippen LogP contribution in [0.2, 0.25) is 0 Å². The molecule has 90 valence electrons. The van der Waals surface area contributed by atoms with Crippen LogP contribution in [0.25, 0.3) is 10.9 Å². The summed E-state index contributed by atoms with van der Waals surface area (Å²) in [5, 5.41) is 3.91. The highest BCUT2D eigenvalue weighted by Gasteiger charge is 2.04. The lowest BCUT2D eigenvalue weighted by molar-refractivity contribution is 0.602. The van der Waals surface area contributed by atoms with E-state index < -0.39 is 9.84 Å². The fourth-order valence-corrected chi connectivity index (χ4v) is 1.97. The van der Waals surface area contributed by atoms with Crippen LogP contribution in [0.4, 0.5) is 5.82 Å². The van der Waals surface area contributed by atoms with Gasteiger partial charge in [0.2, 0.25) is 0 Å². The molecule has 1 aromatic heterocycles. The quantitative estimate of drug-likeness (QED) is 0.880. The van der Waals surface area contributed by atoms with Gasteiger partial charge in [-0.25, -0.2) is 18.4 Å². The number of aromatic nitrogens is 2. The smallest absolute Gasteiger partial charge is 0.149 e. The summed E-state index contributed by atoms with van der Waals surface area (Å²) in [7, 11) is -2.95. The third-order valence-corrected chi connectivity index (χ3v) is 3.25. The zero-order chi connectivity index (χ0) is 12.3. The second-order valence-corrected chi connectivity index (χ2v) is 6.06. The van der Waals surface area contributed by atoms with Crippen molar-refractivity contribution in [3.05, 3.63) is 30.6 Å². The van der Waals surface area contributed by atoms with Gasteiger partial charge in [0.1, 0.15) is 22.0 Å². The van der Waals surface area contributed by atoms with E-state index >= 15 is 0 Å². The van der Waals surface area contributed by atoms with E-state index in [1.165, 1.54) is 12.6 Å². The van der Waals surface area contributed by atoms with Crippen LogP contribution in [0.5, 0.6) is 0 Å². The Bertz CT molecular complexity index is 620. The fourth-order valence-electron chi connectivity index (χ4n) is 1.50. The maximum Gasteiger partial charge on any atom is 0.149 e. The molecule has 0 radical (unpaired) electrons. The van der Waals surface area contributed by atoms with E-state index in [0.29, 0.717) is 12.4 Å². The van der Waals surface area contributed by atoms with Gasteiger partial charge in [0.15, 0.2) is 0 Å². The molecule has 17 heavy (non-hydrogen) atoms. The molecule has 0 spiro atoms. The van der Waals surface area contributed by atoms with Crippen LogP contribution in [0.3, 0.4) is 0 Å². The number of sulfone groups is 1. The van der Waals surface area contributed by atoms with E-state index in [-0.39, 0.29) is 5.75 Å². The first-order chi connectivity index (χ1) is 8.06. The highest BCUT2D eigenvalue weighted by atomic mass is 32.2. The molecule has 1 aromatic carbocycles. The second kappa shape index (κ2) is 4.67. The summed E-state index contributed by atoms with van der Waals surface area (Å²) >= 11 is 0. The van der Waals surface area contributed by atoms with Crippen molar-refractivity contribution >= 4 is 26.6 Å². The molecule has 2 rings (SSSR count). The summed E-state index contributed by atoms with van der Waals surface area (Å²) in [5.74, 6) is 0.755. The van der Waals surface area contributed by atoms with Gasteiger partial charge in [-0.15, -0.1) is 0 Å². The number of anilines is 1. The number of hydrogen-bond acceptors (Lipinski definition) is 5. The van der Waals surface area contributed by atoms with Crippen LogP contribution in [0.15, 0.2) is 30.6 Å². The van der Waals surface area contributed by atoms with Crippen molar-refractivity contribution in [1.82, 2.24) is 9.97 Å². The molecule has 6 heteroatoms. The van der Waals surface area contributed by atoms with Gasteiger partial charge in [-0.2, -0.15) is 0 Å². The summed E-state index contributed by atoms with van der Waals surface area (Å²) in [6.07, 6.45) is 2.68. The van der Waals surface area contributed by atoms with E-state index in [2.05, 4.69) is 15.3 Å². The molecule has 5 nitrogen and oxygen atoms in total. The molecule has 0 aliphatic carbocycles. The van der Waals surface area contributed by atoms with Crippen LogP contribution >= 0.6 is 0 Å². The van der Waals surface area contributed by atoms with Gasteiger partial charge in [0.05, 0.1) is 11.3 Å². The predicted molar refractivity (Wildman–Crippen MR) is 67.7 cm³/mol. The van der Waals surface area contributed by atoms with E-state index in [1.807, 2.05) is 24.3 Å². The van der Waals surface area contributed by atoms with Crippen LogP contribution in [0, 0.1) is 0 Å². The monoisotopic (exact) mass is 251 g/mol. The van der Waals surface area contributed by atoms with Gasteiger partial charge in [-0.05, 0) is 12.1 Å². The Morgan fingerprint density at radius 3 is 2.76 bits per heavy atom. The summed E-state index contributed by atoms with van der Waals surface area (Å²) in [6.45, 7) is 0.347. The van der Waals surface area contributed by atoms with Crippen LogP contribution < -0.4 is 5.32 Å². The van der Waals surface area contributed by atoms with Crippen molar-refractivity contribution in [2.75, 3.05) is 23.9 Å². The summed E-state index contributed by atoms with van der Waals surface area (Å²) in [5.41, 5.74) is 0.837. The number of rotatable bonds is 4. The highest BCUT2D eigenvalue weighted by molar-refractivity contribution is 7.90. The predicted octanol–water partition coefficient (Wildman–Crippen LogP) is 1.09. The number of benzene rings is 1. The van der Waals surface area contributed by atoms with Gasteiger partial charge in [-0.1, -0.05) is 12.1 Å². The normalized spacial score (nSPS) is 11.6. The minimum atomic E-state index is -2.95. The lowest BCUT2D eigenvalue weighted by Crippen LogP contribution is -2.15. The Morgan fingerprint density at radius 2 is 2.00 bits per heavy atom. The number of nitrogens with zero attached hydrogens (tertiary/aromatic N) is 2. The average Bonchev–Trinajstić information content (AvgIpc) is 2.28. The van der Waals surface area contributed by atoms with Gasteiger partial charge >= 0.3 is 0 Å². The Kier molecular flexibility index (Phi) is 3.23.